The van der Waals surface area contributed by atoms with E-state index in [0.717, 1.165) is 24.0 Å². The van der Waals surface area contributed by atoms with E-state index in [1.54, 1.807) is 0 Å². The van der Waals surface area contributed by atoms with E-state index >= 15 is 0 Å². The summed E-state index contributed by atoms with van der Waals surface area (Å²) in [6.45, 7) is 0. The molecule has 1 aromatic rings. The number of benzene rings is 1. The highest BCUT2D eigenvalue weighted by atomic mass is 32.3. The first-order valence-corrected chi connectivity index (χ1v) is 6.12. The third-order valence-corrected chi connectivity index (χ3v) is 3.46. The predicted molar refractivity (Wildman–Crippen MR) is 52.4 cm³/mol. The van der Waals surface area contributed by atoms with Crippen LogP contribution >= 0.6 is 0 Å². The van der Waals surface area contributed by atoms with Gasteiger partial charge in [-0.1, -0.05) is 24.3 Å². The average Bonchev–Trinajstić information content (AvgIpc) is 2.47. The molecule has 1 aromatic carbocycles. The van der Waals surface area contributed by atoms with Crippen molar-refractivity contribution in [2.24, 2.45) is 0 Å². The number of halogens is 1. The van der Waals surface area contributed by atoms with Gasteiger partial charge in [-0.15, -0.1) is 3.89 Å². The molecular formula is C10H11FO2S. The number of hydrogen-bond acceptors (Lipinski definition) is 2. The first kappa shape index (κ1) is 9.65. The van der Waals surface area contributed by atoms with Gasteiger partial charge in [-0.25, -0.2) is 0 Å². The van der Waals surface area contributed by atoms with Crippen LogP contribution in [0.3, 0.4) is 0 Å². The first-order chi connectivity index (χ1) is 6.56. The fraction of sp³-hybridized carbons (Fsp3) is 0.400. The standard InChI is InChI=1S/C10H11FO2S/c11-14(12,13)7-9-6-5-8-3-1-2-4-10(8)9/h1-4,9H,5-7H2. The summed E-state index contributed by atoms with van der Waals surface area (Å²) in [7, 11) is -4.35. The summed E-state index contributed by atoms with van der Waals surface area (Å²) in [6, 6.07) is 7.64. The second-order valence-corrected chi connectivity index (χ2v) is 5.05. The van der Waals surface area contributed by atoms with Gasteiger partial charge in [-0.3, -0.25) is 0 Å². The Kier molecular flexibility index (Phi) is 2.31. The lowest BCUT2D eigenvalue weighted by atomic mass is 10.0. The number of rotatable bonds is 2. The second-order valence-electron chi connectivity index (χ2n) is 3.64. The normalized spacial score (nSPS) is 20.8. The van der Waals surface area contributed by atoms with Crippen molar-refractivity contribution >= 4 is 10.2 Å². The molecule has 1 atom stereocenters. The van der Waals surface area contributed by atoms with E-state index in [4.69, 9.17) is 0 Å². The number of fused-ring (bicyclic) bond motifs is 1. The highest BCUT2D eigenvalue weighted by Gasteiger charge is 2.26. The van der Waals surface area contributed by atoms with Crippen molar-refractivity contribution in [2.75, 3.05) is 5.75 Å². The van der Waals surface area contributed by atoms with E-state index in [2.05, 4.69) is 0 Å². The maximum Gasteiger partial charge on any atom is 0.303 e. The molecule has 1 aliphatic carbocycles. The fourth-order valence-electron chi connectivity index (χ4n) is 2.06. The fourth-order valence-corrected chi connectivity index (χ4v) is 2.89. The Bertz CT molecular complexity index is 439. The maximum absolute atomic E-state index is 12.5. The highest BCUT2D eigenvalue weighted by Crippen LogP contribution is 2.33. The molecule has 0 saturated carbocycles. The molecule has 0 saturated heterocycles. The third-order valence-electron chi connectivity index (χ3n) is 2.66. The van der Waals surface area contributed by atoms with Gasteiger partial charge < -0.3 is 0 Å². The largest absolute Gasteiger partial charge is 0.303 e. The third kappa shape index (κ3) is 1.95. The summed E-state index contributed by atoms with van der Waals surface area (Å²) in [6.07, 6.45) is 1.60. The van der Waals surface area contributed by atoms with E-state index < -0.39 is 10.2 Å². The van der Waals surface area contributed by atoms with Gasteiger partial charge in [0.2, 0.25) is 0 Å². The van der Waals surface area contributed by atoms with Crippen molar-refractivity contribution in [3.8, 4) is 0 Å². The molecule has 2 nitrogen and oxygen atoms in total. The van der Waals surface area contributed by atoms with E-state index in [0.29, 0.717) is 0 Å². The topological polar surface area (TPSA) is 34.1 Å². The van der Waals surface area contributed by atoms with E-state index in [9.17, 15) is 12.3 Å². The molecule has 0 aromatic heterocycles. The van der Waals surface area contributed by atoms with E-state index in [-0.39, 0.29) is 11.7 Å². The highest BCUT2D eigenvalue weighted by molar-refractivity contribution is 7.86. The molecule has 0 bridgehead atoms. The van der Waals surface area contributed by atoms with Crippen LogP contribution in [-0.4, -0.2) is 14.2 Å². The van der Waals surface area contributed by atoms with Gasteiger partial charge >= 0.3 is 10.2 Å². The van der Waals surface area contributed by atoms with Gasteiger partial charge in [0, 0.05) is 5.92 Å². The van der Waals surface area contributed by atoms with Gasteiger partial charge in [-0.2, -0.15) is 8.42 Å². The van der Waals surface area contributed by atoms with Crippen LogP contribution in [0.15, 0.2) is 24.3 Å². The molecule has 1 unspecified atom stereocenters. The molecule has 76 valence electrons. The molecule has 0 fully saturated rings. The maximum atomic E-state index is 12.5. The molecule has 0 N–H and O–H groups in total. The Morgan fingerprint density at radius 2 is 2.07 bits per heavy atom. The molecule has 0 heterocycles. The molecule has 0 aliphatic heterocycles. The summed E-state index contributed by atoms with van der Waals surface area (Å²) in [5.41, 5.74) is 2.15. The van der Waals surface area contributed by atoms with Crippen LogP contribution in [0.5, 0.6) is 0 Å². The van der Waals surface area contributed by atoms with Crippen molar-refractivity contribution in [1.82, 2.24) is 0 Å². The number of hydrogen-bond donors (Lipinski definition) is 0. The summed E-state index contributed by atoms with van der Waals surface area (Å²) < 4.78 is 33.6. The van der Waals surface area contributed by atoms with Gasteiger partial charge in [0.05, 0.1) is 5.75 Å². The minimum absolute atomic E-state index is 0.152. The Morgan fingerprint density at radius 3 is 2.79 bits per heavy atom. The van der Waals surface area contributed by atoms with E-state index in [1.807, 2.05) is 24.3 Å². The van der Waals surface area contributed by atoms with Crippen LogP contribution in [-0.2, 0) is 16.6 Å². The Balaban J connectivity index is 2.27. The lowest BCUT2D eigenvalue weighted by Gasteiger charge is -2.07. The van der Waals surface area contributed by atoms with Crippen LogP contribution in [0.1, 0.15) is 23.5 Å². The van der Waals surface area contributed by atoms with Gasteiger partial charge in [0.15, 0.2) is 0 Å². The minimum atomic E-state index is -4.35. The summed E-state index contributed by atoms with van der Waals surface area (Å²) in [4.78, 5) is 0. The second kappa shape index (κ2) is 3.35. The summed E-state index contributed by atoms with van der Waals surface area (Å²) in [5.74, 6) is -0.523. The predicted octanol–water partition coefficient (Wildman–Crippen LogP) is 2.02. The zero-order valence-corrected chi connectivity index (χ0v) is 8.43. The van der Waals surface area contributed by atoms with Gasteiger partial charge in [0.1, 0.15) is 0 Å². The van der Waals surface area contributed by atoms with Crippen molar-refractivity contribution in [3.05, 3.63) is 35.4 Å². The zero-order chi connectivity index (χ0) is 10.2. The summed E-state index contributed by atoms with van der Waals surface area (Å²) in [5, 5.41) is 0. The smallest absolute Gasteiger partial charge is 0.195 e. The van der Waals surface area contributed by atoms with Gasteiger partial charge in [0.25, 0.3) is 0 Å². The summed E-state index contributed by atoms with van der Waals surface area (Å²) >= 11 is 0. The molecule has 4 heteroatoms. The Labute approximate surface area is 83.0 Å². The SMILES string of the molecule is O=S(=O)(F)CC1CCc2ccccc21. The Hall–Kier alpha value is -0.900. The van der Waals surface area contributed by atoms with Crippen LogP contribution < -0.4 is 0 Å². The molecule has 0 amide bonds. The van der Waals surface area contributed by atoms with E-state index in [1.165, 1.54) is 0 Å². The van der Waals surface area contributed by atoms with Crippen molar-refractivity contribution in [2.45, 2.75) is 18.8 Å². The van der Waals surface area contributed by atoms with Crippen molar-refractivity contribution < 1.29 is 12.3 Å². The molecule has 0 radical (unpaired) electrons. The lowest BCUT2D eigenvalue weighted by Crippen LogP contribution is -2.07. The quantitative estimate of drug-likeness (QED) is 0.706. The van der Waals surface area contributed by atoms with Crippen LogP contribution in [0.2, 0.25) is 0 Å². The van der Waals surface area contributed by atoms with Crippen LogP contribution in [0, 0.1) is 0 Å². The molecule has 0 spiro atoms. The van der Waals surface area contributed by atoms with Crippen molar-refractivity contribution in [3.63, 3.8) is 0 Å². The monoisotopic (exact) mass is 214 g/mol. The minimum Gasteiger partial charge on any atom is -0.195 e. The molecule has 1 aliphatic rings. The van der Waals surface area contributed by atoms with Gasteiger partial charge in [-0.05, 0) is 24.0 Å². The van der Waals surface area contributed by atoms with Crippen LogP contribution in [0.25, 0.3) is 0 Å². The van der Waals surface area contributed by atoms with Crippen LogP contribution in [0.4, 0.5) is 3.89 Å². The average molecular weight is 214 g/mol. The molecule has 2 rings (SSSR count). The zero-order valence-electron chi connectivity index (χ0n) is 7.61. The lowest BCUT2D eigenvalue weighted by molar-refractivity contribution is 0.543. The Morgan fingerprint density at radius 1 is 1.36 bits per heavy atom. The first-order valence-electron chi connectivity index (χ1n) is 4.56. The molecule has 14 heavy (non-hydrogen) atoms. The molecular weight excluding hydrogens is 203 g/mol. The number of aryl methyl sites for hydroxylation is 1. The van der Waals surface area contributed by atoms with Crippen molar-refractivity contribution in [1.29, 1.82) is 0 Å².